The van der Waals surface area contributed by atoms with Gasteiger partial charge >= 0.3 is 6.36 Å². The van der Waals surface area contributed by atoms with Gasteiger partial charge in [0.1, 0.15) is 11.6 Å². The minimum atomic E-state index is -4.75. The molecule has 2 N–H and O–H groups in total. The van der Waals surface area contributed by atoms with Crippen LogP contribution in [-0.2, 0) is 6.54 Å². The third kappa shape index (κ3) is 5.56. The van der Waals surface area contributed by atoms with E-state index in [2.05, 4.69) is 30.3 Å². The summed E-state index contributed by atoms with van der Waals surface area (Å²) in [5.41, 5.74) is 1.82. The van der Waals surface area contributed by atoms with Crippen molar-refractivity contribution in [1.29, 1.82) is 0 Å². The Labute approximate surface area is 165 Å². The van der Waals surface area contributed by atoms with Crippen LogP contribution >= 0.6 is 0 Å². The molecule has 0 amide bonds. The molecule has 0 bridgehead atoms. The number of alkyl halides is 3. The van der Waals surface area contributed by atoms with E-state index in [0.717, 1.165) is 18.5 Å². The number of hydrogen-bond acceptors (Lipinski definition) is 6. The zero-order valence-electron chi connectivity index (χ0n) is 15.3. The van der Waals surface area contributed by atoms with Gasteiger partial charge in [-0.2, -0.15) is 4.98 Å². The number of nitrogens with zero attached hydrogens (tertiary/aromatic N) is 3. The molecule has 150 valence electrons. The van der Waals surface area contributed by atoms with Crippen molar-refractivity contribution in [2.45, 2.75) is 31.8 Å². The molecule has 0 radical (unpaired) electrons. The molecule has 0 spiro atoms. The Hall–Kier alpha value is -3.36. The maximum atomic E-state index is 12.5. The van der Waals surface area contributed by atoms with E-state index < -0.39 is 6.36 Å². The molecule has 2 aromatic heterocycles. The minimum Gasteiger partial charge on any atom is -0.406 e. The Bertz CT molecular complexity index is 977. The molecule has 0 saturated heterocycles. The number of anilines is 2. The monoisotopic (exact) mass is 401 g/mol. The average Bonchev–Trinajstić information content (AvgIpc) is 3.50. The van der Waals surface area contributed by atoms with E-state index >= 15 is 0 Å². The predicted molar refractivity (Wildman–Crippen MR) is 102 cm³/mol. The van der Waals surface area contributed by atoms with Crippen LogP contribution in [0.25, 0.3) is 11.3 Å². The number of ether oxygens (including phenoxy) is 1. The van der Waals surface area contributed by atoms with Crippen molar-refractivity contribution in [1.82, 2.24) is 15.0 Å². The molecule has 3 aromatic rings. The SMILES string of the molecule is FC(F)(F)Oc1cccc(-c2cc(NCc3ccccn3)nc(NC3CC3)n2)c1. The van der Waals surface area contributed by atoms with Gasteiger partial charge in [-0.3, -0.25) is 4.98 Å². The number of rotatable bonds is 7. The van der Waals surface area contributed by atoms with E-state index in [1.165, 1.54) is 18.2 Å². The van der Waals surface area contributed by atoms with E-state index in [1.54, 1.807) is 18.3 Å². The van der Waals surface area contributed by atoms with Crippen LogP contribution in [0, 0.1) is 0 Å². The lowest BCUT2D eigenvalue weighted by atomic mass is 10.1. The summed E-state index contributed by atoms with van der Waals surface area (Å²) in [6.45, 7) is 0.456. The van der Waals surface area contributed by atoms with Gasteiger partial charge in [-0.05, 0) is 37.1 Å². The molecule has 0 atom stereocenters. The number of hydrogen-bond donors (Lipinski definition) is 2. The Morgan fingerprint density at radius 1 is 1.03 bits per heavy atom. The van der Waals surface area contributed by atoms with Crippen LogP contribution in [0.3, 0.4) is 0 Å². The van der Waals surface area contributed by atoms with Crippen molar-refractivity contribution in [2.24, 2.45) is 0 Å². The Morgan fingerprint density at radius 3 is 2.62 bits per heavy atom. The Morgan fingerprint density at radius 2 is 1.90 bits per heavy atom. The second-order valence-electron chi connectivity index (χ2n) is 6.63. The van der Waals surface area contributed by atoms with Crippen LogP contribution in [0.15, 0.2) is 54.7 Å². The second kappa shape index (κ2) is 7.94. The number of pyridine rings is 1. The maximum absolute atomic E-state index is 12.5. The molecular formula is C20H18F3N5O. The summed E-state index contributed by atoms with van der Waals surface area (Å²) in [5.74, 6) is 0.676. The van der Waals surface area contributed by atoms with Crippen LogP contribution in [0.5, 0.6) is 5.75 Å². The van der Waals surface area contributed by atoms with Crippen LogP contribution in [0.2, 0.25) is 0 Å². The molecule has 0 unspecified atom stereocenters. The molecule has 4 rings (SSSR count). The first-order valence-electron chi connectivity index (χ1n) is 9.10. The van der Waals surface area contributed by atoms with E-state index in [9.17, 15) is 13.2 Å². The Balaban J connectivity index is 1.60. The highest BCUT2D eigenvalue weighted by atomic mass is 19.4. The molecular weight excluding hydrogens is 383 g/mol. The predicted octanol–water partition coefficient (Wildman–Crippen LogP) is 4.62. The molecule has 1 aliphatic carbocycles. The fourth-order valence-electron chi connectivity index (χ4n) is 2.70. The van der Waals surface area contributed by atoms with Gasteiger partial charge in [0.05, 0.1) is 17.9 Å². The van der Waals surface area contributed by atoms with Gasteiger partial charge in [-0.25, -0.2) is 4.98 Å². The first-order valence-corrected chi connectivity index (χ1v) is 9.10. The first kappa shape index (κ1) is 19.0. The molecule has 0 aliphatic heterocycles. The average molecular weight is 401 g/mol. The fourth-order valence-corrected chi connectivity index (χ4v) is 2.70. The van der Waals surface area contributed by atoms with Crippen molar-refractivity contribution in [2.75, 3.05) is 10.6 Å². The largest absolute Gasteiger partial charge is 0.573 e. The zero-order valence-corrected chi connectivity index (χ0v) is 15.3. The molecule has 1 aromatic carbocycles. The highest BCUT2D eigenvalue weighted by Gasteiger charge is 2.31. The highest BCUT2D eigenvalue weighted by molar-refractivity contribution is 5.66. The third-order valence-corrected chi connectivity index (χ3v) is 4.18. The van der Waals surface area contributed by atoms with Crippen LogP contribution in [0.4, 0.5) is 24.9 Å². The quantitative estimate of drug-likeness (QED) is 0.602. The number of nitrogens with one attached hydrogen (secondary N) is 2. The number of halogens is 3. The first-order chi connectivity index (χ1) is 13.9. The highest BCUT2D eigenvalue weighted by Crippen LogP contribution is 2.30. The van der Waals surface area contributed by atoms with Crippen molar-refractivity contribution in [3.63, 3.8) is 0 Å². The summed E-state index contributed by atoms with van der Waals surface area (Å²) in [5, 5.41) is 6.42. The second-order valence-corrected chi connectivity index (χ2v) is 6.63. The summed E-state index contributed by atoms with van der Waals surface area (Å²) in [7, 11) is 0. The molecule has 6 nitrogen and oxygen atoms in total. The topological polar surface area (TPSA) is 72.0 Å². The maximum Gasteiger partial charge on any atom is 0.573 e. The lowest BCUT2D eigenvalue weighted by Gasteiger charge is -2.12. The van der Waals surface area contributed by atoms with Crippen molar-refractivity contribution in [3.8, 4) is 17.0 Å². The number of benzene rings is 1. The summed E-state index contributed by atoms with van der Waals surface area (Å²) in [6, 6.07) is 13.4. The fraction of sp³-hybridized carbons (Fsp3) is 0.250. The lowest BCUT2D eigenvalue weighted by molar-refractivity contribution is -0.274. The normalized spacial score (nSPS) is 13.8. The van der Waals surface area contributed by atoms with Gasteiger partial charge in [0.15, 0.2) is 0 Å². The molecule has 1 fully saturated rings. The summed E-state index contributed by atoms with van der Waals surface area (Å²) in [6.07, 6.45) is -0.967. The Kier molecular flexibility index (Phi) is 5.20. The smallest absolute Gasteiger partial charge is 0.406 e. The zero-order chi connectivity index (χ0) is 20.3. The van der Waals surface area contributed by atoms with Gasteiger partial charge in [0, 0.05) is 23.9 Å². The van der Waals surface area contributed by atoms with Gasteiger partial charge in [-0.1, -0.05) is 18.2 Å². The molecule has 2 heterocycles. The van der Waals surface area contributed by atoms with E-state index in [-0.39, 0.29) is 5.75 Å². The van der Waals surface area contributed by atoms with Crippen LogP contribution in [0.1, 0.15) is 18.5 Å². The molecule has 1 saturated carbocycles. The number of aromatic nitrogens is 3. The van der Waals surface area contributed by atoms with Crippen molar-refractivity contribution in [3.05, 3.63) is 60.4 Å². The third-order valence-electron chi connectivity index (χ3n) is 4.18. The minimum absolute atomic E-state index is 0.298. The molecule has 29 heavy (non-hydrogen) atoms. The van der Waals surface area contributed by atoms with Gasteiger partial charge in [-0.15, -0.1) is 13.2 Å². The van der Waals surface area contributed by atoms with Gasteiger partial charge < -0.3 is 15.4 Å². The summed E-state index contributed by atoms with van der Waals surface area (Å²) < 4.78 is 41.6. The molecule has 9 heteroatoms. The summed E-state index contributed by atoms with van der Waals surface area (Å²) >= 11 is 0. The van der Waals surface area contributed by atoms with E-state index in [4.69, 9.17) is 0 Å². The standard InChI is InChI=1S/C20H18F3N5O/c21-20(22,23)29-16-6-3-4-13(10-16)17-11-18(25-12-15-5-1-2-9-24-15)28-19(27-17)26-14-7-8-14/h1-6,9-11,14H,7-8,12H2,(H2,25,26,27,28). The van der Waals surface area contributed by atoms with Crippen LogP contribution < -0.4 is 15.4 Å². The van der Waals surface area contributed by atoms with E-state index in [1.807, 2.05) is 18.2 Å². The van der Waals surface area contributed by atoms with E-state index in [0.29, 0.717) is 35.6 Å². The van der Waals surface area contributed by atoms with Crippen molar-refractivity contribution < 1.29 is 17.9 Å². The molecule has 1 aliphatic rings. The van der Waals surface area contributed by atoms with Crippen molar-refractivity contribution >= 4 is 11.8 Å². The van der Waals surface area contributed by atoms with Gasteiger partial charge in [0.25, 0.3) is 0 Å². The summed E-state index contributed by atoms with van der Waals surface area (Å²) in [4.78, 5) is 13.2. The van der Waals surface area contributed by atoms with Crippen LogP contribution in [-0.4, -0.2) is 27.4 Å². The van der Waals surface area contributed by atoms with Gasteiger partial charge in [0.2, 0.25) is 5.95 Å². The lowest BCUT2D eigenvalue weighted by Crippen LogP contribution is -2.17.